The number of alkyl carbamates (subject to hydrolysis) is 6. The molecule has 2 aromatic carbocycles. The van der Waals surface area contributed by atoms with Gasteiger partial charge >= 0.3 is 42.5 Å². The summed E-state index contributed by atoms with van der Waals surface area (Å²) < 4.78 is 38.0. The maximum absolute atomic E-state index is 15.6. The van der Waals surface area contributed by atoms with Crippen molar-refractivity contribution in [3.63, 3.8) is 0 Å². The third kappa shape index (κ3) is 52.5. The molecule has 0 spiro atoms. The molecule has 3 unspecified atom stereocenters. The molecule has 18 N–H and O–H groups in total. The fourth-order valence-electron chi connectivity index (χ4n) is 13.7. The summed E-state index contributed by atoms with van der Waals surface area (Å²) in [7, 11) is 0. The molecule has 138 heavy (non-hydrogen) atoms. The SMILES string of the molecule is CCCC(C)OC(=O)CCC(=O)N[C@@H](CCNC(=O)OCc1ccccc1)C(=O)N[C@@H](CCNC(=O)OC(C)(C)C)C(=O)N[C@H](C(=O)N[C@@H](CCNC(=O)OC(C)(C)C)C(=O)C[C@H]1CCNC(=O)[C@H](C(C)O)NC(=O)[C@H](CCNC(=O)OC(C)(C)C)CC(=O)[C@H](CCNC(=O)OC(C)(C)C)NC(=O)[C@H](CC(C)C)NC(=O)[C@@H](Cc2ccccc2)NC(=O)[C@H](CCNC(=O)OC(C)(C)C)NC1)C(C)O. The molecule has 0 aliphatic carbocycles. The van der Waals surface area contributed by atoms with Crippen molar-refractivity contribution < 1.29 is 130 Å². The largest absolute Gasteiger partial charge is 0.463 e. The van der Waals surface area contributed by atoms with Crippen LogP contribution in [0.25, 0.3) is 0 Å². The molecule has 3 rings (SSSR count). The third-order valence-corrected chi connectivity index (χ3v) is 20.3. The second-order valence-electron chi connectivity index (χ2n) is 39.6. The molecule has 776 valence electrons. The zero-order valence-electron chi connectivity index (χ0n) is 84.0. The zero-order valence-corrected chi connectivity index (χ0v) is 84.0. The molecular weight excluding hydrogens is 1800 g/mol. The molecular formula is C95H154N16O27. The quantitative estimate of drug-likeness (QED) is 0.0309. The number of nitrogens with one attached hydrogen (secondary N) is 16. The molecule has 1 aliphatic heterocycles. The van der Waals surface area contributed by atoms with Gasteiger partial charge in [0, 0.05) is 77.4 Å². The van der Waals surface area contributed by atoms with Gasteiger partial charge in [-0.25, -0.2) is 28.8 Å². The lowest BCUT2D eigenvalue weighted by Crippen LogP contribution is -2.60. The fourth-order valence-corrected chi connectivity index (χ4v) is 13.7. The minimum atomic E-state index is -2.05. The van der Waals surface area contributed by atoms with Gasteiger partial charge in [0.1, 0.15) is 70.9 Å². The van der Waals surface area contributed by atoms with Gasteiger partial charge in [0.05, 0.1) is 42.9 Å². The Bertz CT molecular complexity index is 4300. The highest BCUT2D eigenvalue weighted by Crippen LogP contribution is 2.21. The van der Waals surface area contributed by atoms with E-state index in [1.807, 2.05) is 6.92 Å². The smallest absolute Gasteiger partial charge is 0.407 e. The summed E-state index contributed by atoms with van der Waals surface area (Å²) in [5.41, 5.74) is -3.86. The number of amides is 15. The van der Waals surface area contributed by atoms with Gasteiger partial charge in [-0.05, 0) is 212 Å². The molecule has 43 nitrogen and oxygen atoms in total. The average Bonchev–Trinajstić information content (AvgIpc) is 0.988. The van der Waals surface area contributed by atoms with E-state index in [1.165, 1.54) is 6.92 Å². The summed E-state index contributed by atoms with van der Waals surface area (Å²) >= 11 is 0. The fraction of sp³-hybridized carbons (Fsp3) is 0.684. The summed E-state index contributed by atoms with van der Waals surface area (Å²) in [6.45, 7) is 30.3. The Labute approximate surface area is 809 Å². The number of carbonyl (C=O) groups is 18. The van der Waals surface area contributed by atoms with E-state index in [4.69, 9.17) is 33.2 Å². The van der Waals surface area contributed by atoms with Crippen LogP contribution < -0.4 is 85.1 Å². The van der Waals surface area contributed by atoms with Crippen LogP contribution in [-0.4, -0.2) is 271 Å². The summed E-state index contributed by atoms with van der Waals surface area (Å²) in [5.74, 6) is -14.4. The predicted octanol–water partition coefficient (Wildman–Crippen LogP) is 4.95. The van der Waals surface area contributed by atoms with Crippen LogP contribution in [0.1, 0.15) is 246 Å². The first-order valence-electron chi connectivity index (χ1n) is 47.1. The Balaban J connectivity index is 2.38. The van der Waals surface area contributed by atoms with Crippen LogP contribution in [0.4, 0.5) is 28.8 Å². The molecule has 14 atom stereocenters. The number of aliphatic hydroxyl groups excluding tert-OH is 2. The van der Waals surface area contributed by atoms with E-state index in [-0.39, 0.29) is 83.6 Å². The maximum atomic E-state index is 15.6. The highest BCUT2D eigenvalue weighted by molar-refractivity contribution is 5.99. The lowest BCUT2D eigenvalue weighted by atomic mass is 9.92. The van der Waals surface area contributed by atoms with Gasteiger partial charge in [-0.15, -0.1) is 0 Å². The van der Waals surface area contributed by atoms with Crippen molar-refractivity contribution in [2.45, 2.75) is 349 Å². The number of Topliss-reactive ketones (excluding diaryl/α,β-unsaturated/α-hetero) is 2. The number of aliphatic hydroxyl groups is 2. The Morgan fingerprint density at radius 3 is 1.36 bits per heavy atom. The number of hydrogen-bond donors (Lipinski definition) is 18. The molecule has 43 heteroatoms. The molecule has 1 fully saturated rings. The molecule has 15 amide bonds. The highest BCUT2D eigenvalue weighted by atomic mass is 16.6. The van der Waals surface area contributed by atoms with Gasteiger partial charge in [-0.1, -0.05) is 87.9 Å². The third-order valence-electron chi connectivity index (χ3n) is 20.3. The van der Waals surface area contributed by atoms with E-state index >= 15 is 33.6 Å². The topological polar surface area (TPSA) is 605 Å². The van der Waals surface area contributed by atoms with Crippen LogP contribution >= 0.6 is 0 Å². The van der Waals surface area contributed by atoms with Crippen molar-refractivity contribution in [2.75, 3.05) is 52.4 Å². The van der Waals surface area contributed by atoms with Gasteiger partial charge in [0.15, 0.2) is 11.6 Å². The second kappa shape index (κ2) is 59.3. The Morgan fingerprint density at radius 1 is 0.449 bits per heavy atom. The number of rotatable bonds is 42. The minimum Gasteiger partial charge on any atom is -0.463 e. The molecule has 1 aliphatic rings. The van der Waals surface area contributed by atoms with Gasteiger partial charge in [0.2, 0.25) is 53.2 Å². The van der Waals surface area contributed by atoms with Crippen LogP contribution in [0.2, 0.25) is 0 Å². The Hall–Kier alpha value is -12.0. The Morgan fingerprint density at radius 2 is 0.877 bits per heavy atom. The molecule has 0 saturated carbocycles. The summed E-state index contributed by atoms with van der Waals surface area (Å²) in [4.78, 5) is 256. The number of ketones is 2. The van der Waals surface area contributed by atoms with E-state index in [9.17, 15) is 63.0 Å². The van der Waals surface area contributed by atoms with Crippen LogP contribution in [0, 0.1) is 17.8 Å². The van der Waals surface area contributed by atoms with Crippen molar-refractivity contribution in [1.29, 1.82) is 0 Å². The number of hydrogen-bond acceptors (Lipinski definition) is 28. The molecule has 1 saturated heterocycles. The molecule has 1 heterocycles. The van der Waals surface area contributed by atoms with Crippen LogP contribution in [0.3, 0.4) is 0 Å². The van der Waals surface area contributed by atoms with Crippen molar-refractivity contribution in [3.05, 3.63) is 71.8 Å². The first kappa shape index (κ1) is 120. The molecule has 0 aromatic heterocycles. The van der Waals surface area contributed by atoms with Crippen LogP contribution in [0.15, 0.2) is 60.7 Å². The van der Waals surface area contributed by atoms with Crippen molar-refractivity contribution in [3.8, 4) is 0 Å². The number of esters is 1. The first-order chi connectivity index (χ1) is 64.3. The summed E-state index contributed by atoms with van der Waals surface area (Å²) in [6.07, 6.45) is -13.4. The number of benzene rings is 2. The molecule has 0 bridgehead atoms. The van der Waals surface area contributed by atoms with E-state index in [2.05, 4.69) is 85.1 Å². The van der Waals surface area contributed by atoms with Gasteiger partial charge in [-0.3, -0.25) is 57.5 Å². The predicted molar refractivity (Wildman–Crippen MR) is 507 cm³/mol. The number of carbonyl (C=O) groups excluding carboxylic acids is 18. The van der Waals surface area contributed by atoms with Gasteiger partial charge in [0.25, 0.3) is 0 Å². The highest BCUT2D eigenvalue weighted by Gasteiger charge is 2.40. The monoisotopic (exact) mass is 1950 g/mol. The minimum absolute atomic E-state index is 0.0821. The van der Waals surface area contributed by atoms with Crippen molar-refractivity contribution in [2.24, 2.45) is 17.8 Å². The van der Waals surface area contributed by atoms with E-state index < -0.39 is 284 Å². The van der Waals surface area contributed by atoms with Crippen molar-refractivity contribution >= 4 is 107 Å². The van der Waals surface area contributed by atoms with Gasteiger partial charge in [-0.2, -0.15) is 0 Å². The standard InChI is InChI=1S/C95H154N16O27/c1-22-29-57(4)133-74(117)35-34-73(116)104-67(41-48-97-85(126)132-55-61-32-27-24-28-33-61)79(120)107-68(42-49-102-90(131)138-95(19,20)21)80(121)111-76(59(6)113)84(125)106-64(38-45-99-87(128)135-92(10,11)12)71(114)52-62-36-43-96-83(124)75(58(5)112)110-77(118)63(37-44-98-86(127)134-91(7,8)9)53-72(115)65(39-46-100-88(129)136-93(13,14)15)105-81(122)69(50-56(2)3)108-82(123)70(51-60-30-25-23-26-31-60)109-78(119)66(103-54-62)40-47-101-89(130)137-94(16,17)18/h23-28,30-33,56-59,62-70,75-76,103,112-113H,22,29,34-55H2,1-21H3,(H,96,124)(H,97,126)(H,98,127)(H,99,128)(H,100,129)(H,101,130)(H,102,131)(H,104,116)(H,105,122)(H,106,125)(H,107,120)(H,108,123)(H,109,119)(H,110,118)(H,111,121)/t57?,58?,59?,62-,63-,64+,65+,66+,67+,68+,69+,70-,75+,76+/m1/s1. The number of ether oxygens (including phenoxy) is 7. The average molecular weight is 1950 g/mol. The Kier molecular flexibility index (Phi) is 51.6. The normalized spacial score (nSPS) is 19.1. The summed E-state index contributed by atoms with van der Waals surface area (Å²) in [6, 6.07) is 2.09. The lowest BCUT2D eigenvalue weighted by molar-refractivity contribution is -0.149. The van der Waals surface area contributed by atoms with Gasteiger partial charge < -0.3 is 128 Å². The van der Waals surface area contributed by atoms with Crippen LogP contribution in [0.5, 0.6) is 0 Å². The van der Waals surface area contributed by atoms with Crippen molar-refractivity contribution in [1.82, 2.24) is 85.1 Å². The molecule has 2 aromatic rings. The van der Waals surface area contributed by atoms with E-state index in [0.717, 1.165) is 6.92 Å². The van der Waals surface area contributed by atoms with Crippen LogP contribution in [-0.2, 0) is 104 Å². The zero-order chi connectivity index (χ0) is 104. The first-order valence-corrected chi connectivity index (χ1v) is 47.1. The van der Waals surface area contributed by atoms with E-state index in [0.29, 0.717) is 24.0 Å². The summed E-state index contributed by atoms with van der Waals surface area (Å²) in [5, 5.41) is 65.1. The lowest BCUT2D eigenvalue weighted by Gasteiger charge is -2.29. The second-order valence-corrected chi connectivity index (χ2v) is 39.6. The maximum Gasteiger partial charge on any atom is 0.407 e. The van der Waals surface area contributed by atoms with E-state index in [1.54, 1.807) is 185 Å². The molecule has 0 radical (unpaired) electrons.